The molecule has 0 bridgehead atoms. The quantitative estimate of drug-likeness (QED) is 0.677. The fourth-order valence-corrected chi connectivity index (χ4v) is 2.84. The monoisotopic (exact) mass is 393 g/mol. The lowest BCUT2D eigenvalue weighted by Crippen LogP contribution is -2.28. The number of hydrogen-bond acceptors (Lipinski definition) is 4. The number of benzene rings is 1. The van der Waals surface area contributed by atoms with Crippen LogP contribution in [0.25, 0.3) is 0 Å². The van der Waals surface area contributed by atoms with Crippen LogP contribution < -0.4 is 10.6 Å². The summed E-state index contributed by atoms with van der Waals surface area (Å²) in [6.07, 6.45) is 1.88. The largest absolute Gasteiger partial charge is 0.356 e. The van der Waals surface area contributed by atoms with Gasteiger partial charge < -0.3 is 10.6 Å². The molecular weight excluding hydrogens is 372 g/mol. The zero-order valence-corrected chi connectivity index (χ0v) is 15.8. The number of carbonyl (C=O) groups excluding carboxylic acids is 1. The number of aromatic nitrogens is 1. The van der Waals surface area contributed by atoms with E-state index < -0.39 is 0 Å². The Hall–Kier alpha value is -1.21. The van der Waals surface area contributed by atoms with Gasteiger partial charge >= 0.3 is 0 Å². The predicted octanol–water partition coefficient (Wildman–Crippen LogP) is 2.98. The van der Waals surface area contributed by atoms with Crippen molar-refractivity contribution in [2.45, 2.75) is 19.3 Å². The highest BCUT2D eigenvalue weighted by Crippen LogP contribution is 2.15. The molecule has 0 spiro atoms. The average molecular weight is 394 g/mol. The van der Waals surface area contributed by atoms with E-state index >= 15 is 0 Å². The van der Waals surface area contributed by atoms with E-state index in [0.29, 0.717) is 19.4 Å². The highest BCUT2D eigenvalue weighted by Gasteiger charge is 2.08. The van der Waals surface area contributed by atoms with Gasteiger partial charge in [-0.2, -0.15) is 0 Å². The Morgan fingerprint density at radius 3 is 2.58 bits per heavy atom. The maximum atomic E-state index is 12.9. The smallest absolute Gasteiger partial charge is 0.226 e. The summed E-state index contributed by atoms with van der Waals surface area (Å²) in [5.74, 6) is -0.242. The van der Waals surface area contributed by atoms with Crippen LogP contribution in [0.3, 0.4) is 0 Å². The second-order valence-corrected chi connectivity index (χ2v) is 5.96. The van der Waals surface area contributed by atoms with Gasteiger partial charge in [-0.1, -0.05) is 12.1 Å². The molecule has 0 atom stereocenters. The Labute approximate surface area is 158 Å². The summed E-state index contributed by atoms with van der Waals surface area (Å²) in [5.41, 5.74) is 1.80. The molecule has 0 saturated heterocycles. The van der Waals surface area contributed by atoms with Crippen molar-refractivity contribution >= 4 is 42.1 Å². The number of carbonyl (C=O) groups is 1. The maximum Gasteiger partial charge on any atom is 0.226 e. The van der Waals surface area contributed by atoms with Crippen LogP contribution in [-0.4, -0.2) is 31.0 Å². The lowest BCUT2D eigenvalue weighted by Gasteiger charge is -2.03. The zero-order valence-electron chi connectivity index (χ0n) is 13.4. The SMILES string of the molecule is CNCCCNC(=O)Cc1csc(Cc2ccc(F)cc2)n1.Cl.Cl. The third-order valence-corrected chi connectivity index (χ3v) is 4.03. The molecule has 0 radical (unpaired) electrons. The minimum Gasteiger partial charge on any atom is -0.356 e. The van der Waals surface area contributed by atoms with Crippen LogP contribution in [0.4, 0.5) is 4.39 Å². The minimum absolute atomic E-state index is 0. The standard InChI is InChI=1S/C16H20FN3OS.2ClH/c1-18-7-2-8-19-15(21)10-14-11-22-16(20-14)9-12-3-5-13(17)6-4-12;;/h3-6,11,18H,2,7-10H2,1H3,(H,19,21);2*1H. The van der Waals surface area contributed by atoms with E-state index in [1.807, 2.05) is 12.4 Å². The summed E-state index contributed by atoms with van der Waals surface area (Å²) in [6, 6.07) is 6.40. The van der Waals surface area contributed by atoms with E-state index in [1.165, 1.54) is 23.5 Å². The molecule has 1 aromatic heterocycles. The van der Waals surface area contributed by atoms with Gasteiger partial charge in [-0.25, -0.2) is 9.37 Å². The molecule has 0 aliphatic heterocycles. The Morgan fingerprint density at radius 1 is 1.21 bits per heavy atom. The molecule has 0 fully saturated rings. The van der Waals surface area contributed by atoms with Gasteiger partial charge in [0.15, 0.2) is 0 Å². The van der Waals surface area contributed by atoms with Crippen molar-refractivity contribution in [1.29, 1.82) is 0 Å². The number of hydrogen-bond donors (Lipinski definition) is 2. The lowest BCUT2D eigenvalue weighted by molar-refractivity contribution is -0.120. The summed E-state index contributed by atoms with van der Waals surface area (Å²) in [7, 11) is 1.89. The first-order chi connectivity index (χ1) is 10.7. The van der Waals surface area contributed by atoms with Crippen molar-refractivity contribution in [2.75, 3.05) is 20.1 Å². The first-order valence-electron chi connectivity index (χ1n) is 7.26. The van der Waals surface area contributed by atoms with Crippen LogP contribution in [0, 0.1) is 5.82 Å². The topological polar surface area (TPSA) is 54.0 Å². The number of rotatable bonds is 8. The molecule has 2 N–H and O–H groups in total. The number of nitrogens with one attached hydrogen (secondary N) is 2. The van der Waals surface area contributed by atoms with Gasteiger partial charge in [0.25, 0.3) is 0 Å². The molecular formula is C16H22Cl2FN3OS. The molecule has 134 valence electrons. The molecule has 0 saturated carbocycles. The highest BCUT2D eigenvalue weighted by atomic mass is 35.5. The molecule has 2 rings (SSSR count). The number of amides is 1. The minimum atomic E-state index is -0.237. The Kier molecular flexibility index (Phi) is 11.6. The summed E-state index contributed by atoms with van der Waals surface area (Å²) in [6.45, 7) is 1.56. The van der Waals surface area contributed by atoms with E-state index in [1.54, 1.807) is 12.1 Å². The molecule has 0 aliphatic rings. The van der Waals surface area contributed by atoms with E-state index in [2.05, 4.69) is 15.6 Å². The van der Waals surface area contributed by atoms with Gasteiger partial charge in [0, 0.05) is 18.3 Å². The van der Waals surface area contributed by atoms with Crippen LogP contribution in [-0.2, 0) is 17.6 Å². The van der Waals surface area contributed by atoms with E-state index in [0.717, 1.165) is 29.2 Å². The maximum absolute atomic E-state index is 12.9. The molecule has 2 aromatic rings. The molecule has 0 aliphatic carbocycles. The fraction of sp³-hybridized carbons (Fsp3) is 0.375. The number of thiazole rings is 1. The van der Waals surface area contributed by atoms with Crippen molar-refractivity contribution in [1.82, 2.24) is 15.6 Å². The molecule has 1 heterocycles. The van der Waals surface area contributed by atoms with Crippen molar-refractivity contribution in [3.8, 4) is 0 Å². The van der Waals surface area contributed by atoms with Gasteiger partial charge in [0.2, 0.25) is 5.91 Å². The van der Waals surface area contributed by atoms with Crippen molar-refractivity contribution in [3.05, 3.63) is 51.7 Å². The van der Waals surface area contributed by atoms with Gasteiger partial charge in [-0.15, -0.1) is 36.2 Å². The number of nitrogens with zero attached hydrogens (tertiary/aromatic N) is 1. The molecule has 4 nitrogen and oxygen atoms in total. The molecule has 0 unspecified atom stereocenters. The van der Waals surface area contributed by atoms with Crippen LogP contribution >= 0.6 is 36.2 Å². The van der Waals surface area contributed by atoms with E-state index in [9.17, 15) is 9.18 Å². The normalized spacial score (nSPS) is 9.75. The zero-order chi connectivity index (χ0) is 15.8. The van der Waals surface area contributed by atoms with Crippen molar-refractivity contribution in [2.24, 2.45) is 0 Å². The second-order valence-electron chi connectivity index (χ2n) is 5.02. The van der Waals surface area contributed by atoms with Gasteiger partial charge in [0.05, 0.1) is 17.1 Å². The third-order valence-electron chi connectivity index (χ3n) is 3.14. The average Bonchev–Trinajstić information content (AvgIpc) is 2.93. The van der Waals surface area contributed by atoms with Crippen LogP contribution in [0.2, 0.25) is 0 Å². The summed E-state index contributed by atoms with van der Waals surface area (Å²) < 4.78 is 12.9. The Bertz CT molecular complexity index is 608. The first-order valence-corrected chi connectivity index (χ1v) is 8.14. The predicted molar refractivity (Wildman–Crippen MR) is 101 cm³/mol. The van der Waals surface area contributed by atoms with Crippen LogP contribution in [0.1, 0.15) is 22.7 Å². The molecule has 8 heteroatoms. The van der Waals surface area contributed by atoms with Crippen LogP contribution in [0.5, 0.6) is 0 Å². The first kappa shape index (κ1) is 22.8. The van der Waals surface area contributed by atoms with Crippen molar-refractivity contribution < 1.29 is 9.18 Å². The second kappa shape index (κ2) is 12.2. The van der Waals surface area contributed by atoms with E-state index in [4.69, 9.17) is 0 Å². The molecule has 1 amide bonds. The van der Waals surface area contributed by atoms with Gasteiger partial charge in [-0.3, -0.25) is 4.79 Å². The summed E-state index contributed by atoms with van der Waals surface area (Å²) in [5, 5.41) is 8.75. The summed E-state index contributed by atoms with van der Waals surface area (Å²) >= 11 is 1.53. The lowest BCUT2D eigenvalue weighted by atomic mass is 10.1. The van der Waals surface area contributed by atoms with E-state index in [-0.39, 0.29) is 36.5 Å². The van der Waals surface area contributed by atoms with Gasteiger partial charge in [0.1, 0.15) is 5.82 Å². The fourth-order valence-electron chi connectivity index (χ4n) is 2.01. The highest BCUT2D eigenvalue weighted by molar-refractivity contribution is 7.09. The van der Waals surface area contributed by atoms with Gasteiger partial charge in [-0.05, 0) is 37.7 Å². The molecule has 1 aromatic carbocycles. The Balaban J connectivity index is 0.00000264. The third kappa shape index (κ3) is 8.06. The van der Waals surface area contributed by atoms with Crippen molar-refractivity contribution in [3.63, 3.8) is 0 Å². The number of halogens is 3. The Morgan fingerprint density at radius 2 is 1.92 bits per heavy atom. The molecule has 24 heavy (non-hydrogen) atoms. The van der Waals surface area contributed by atoms with Crippen LogP contribution in [0.15, 0.2) is 29.6 Å². The summed E-state index contributed by atoms with van der Waals surface area (Å²) in [4.78, 5) is 16.2.